The molecule has 1 aromatic carbocycles. The lowest BCUT2D eigenvalue weighted by Crippen LogP contribution is -2.21. The van der Waals surface area contributed by atoms with Crippen molar-refractivity contribution in [2.75, 3.05) is 12.4 Å². The Morgan fingerprint density at radius 1 is 1.26 bits per heavy atom. The van der Waals surface area contributed by atoms with Crippen LogP contribution in [-0.2, 0) is 6.54 Å². The van der Waals surface area contributed by atoms with Gasteiger partial charge in [-0.3, -0.25) is 19.6 Å². The molecule has 0 radical (unpaired) electrons. The number of amides is 1. The van der Waals surface area contributed by atoms with Crippen molar-refractivity contribution in [3.05, 3.63) is 54.2 Å². The first-order valence-corrected chi connectivity index (χ1v) is 9.44. The molecule has 0 spiro atoms. The lowest BCUT2D eigenvalue weighted by Gasteiger charge is -2.14. The summed E-state index contributed by atoms with van der Waals surface area (Å²) in [5, 5.41) is 14.4. The number of ether oxygens (including phenoxy) is 1. The van der Waals surface area contributed by atoms with Gasteiger partial charge in [0.25, 0.3) is 5.91 Å². The fourth-order valence-electron chi connectivity index (χ4n) is 3.16. The summed E-state index contributed by atoms with van der Waals surface area (Å²) in [6, 6.07) is 5.70. The molecule has 10 heteroatoms. The van der Waals surface area contributed by atoms with E-state index < -0.39 is 17.4 Å². The van der Waals surface area contributed by atoms with Gasteiger partial charge in [-0.15, -0.1) is 0 Å². The Hall–Kier alpha value is -3.82. The lowest BCUT2D eigenvalue weighted by molar-refractivity contribution is 0.102. The quantitative estimate of drug-likeness (QED) is 0.486. The van der Waals surface area contributed by atoms with Crippen molar-refractivity contribution in [1.29, 1.82) is 0 Å². The molecule has 2 N–H and O–H groups in total. The number of carbonyl (C=O) groups is 1. The number of carbonyl (C=O) groups excluding carboxylic acids is 1. The highest BCUT2D eigenvalue weighted by Gasteiger charge is 2.20. The fourth-order valence-corrected chi connectivity index (χ4v) is 3.16. The first-order valence-electron chi connectivity index (χ1n) is 9.44. The molecule has 8 nitrogen and oxygen atoms in total. The van der Waals surface area contributed by atoms with Gasteiger partial charge in [0, 0.05) is 17.6 Å². The number of aromatic amines is 1. The molecule has 0 saturated carbocycles. The van der Waals surface area contributed by atoms with E-state index in [1.807, 2.05) is 0 Å². The average molecular weight is 426 g/mol. The summed E-state index contributed by atoms with van der Waals surface area (Å²) >= 11 is 0. The minimum absolute atomic E-state index is 0.0727. The number of anilines is 1. The van der Waals surface area contributed by atoms with E-state index in [0.29, 0.717) is 28.3 Å². The number of H-pyrrole nitrogens is 1. The van der Waals surface area contributed by atoms with Gasteiger partial charge in [0.15, 0.2) is 0 Å². The first kappa shape index (κ1) is 20.5. The molecule has 0 aliphatic heterocycles. The standard InChI is InChI=1S/C21H20F2N6O2/c1-21(2,23)11-29-18-7-16(24-8-12(18)9-26-29)19-17(10-25-28-19)27-20(30)14-5-4-13(31-3)6-15(14)22/h4-10H,11H2,1-3H3,(H,25,28)(H,27,30). The van der Waals surface area contributed by atoms with Gasteiger partial charge in [0.2, 0.25) is 0 Å². The van der Waals surface area contributed by atoms with Gasteiger partial charge in [0.1, 0.15) is 22.9 Å². The van der Waals surface area contributed by atoms with Crippen molar-refractivity contribution in [1.82, 2.24) is 25.0 Å². The summed E-state index contributed by atoms with van der Waals surface area (Å²) in [6.45, 7) is 3.02. The van der Waals surface area contributed by atoms with Crippen LogP contribution in [-0.4, -0.2) is 43.6 Å². The molecule has 4 aromatic rings. The minimum Gasteiger partial charge on any atom is -0.497 e. The van der Waals surface area contributed by atoms with E-state index >= 15 is 0 Å². The highest BCUT2D eigenvalue weighted by Crippen LogP contribution is 2.28. The third kappa shape index (κ3) is 4.23. The second kappa shape index (κ2) is 7.78. The molecule has 3 heterocycles. The molecule has 0 saturated heterocycles. The number of rotatable bonds is 6. The van der Waals surface area contributed by atoms with Crippen LogP contribution in [0.5, 0.6) is 5.75 Å². The van der Waals surface area contributed by atoms with E-state index in [4.69, 9.17) is 4.74 Å². The molecule has 0 atom stereocenters. The summed E-state index contributed by atoms with van der Waals surface area (Å²) in [5.41, 5.74) is 0.315. The van der Waals surface area contributed by atoms with Gasteiger partial charge in [-0.2, -0.15) is 10.2 Å². The molecule has 0 aliphatic rings. The van der Waals surface area contributed by atoms with Crippen molar-refractivity contribution < 1.29 is 18.3 Å². The molecule has 0 unspecified atom stereocenters. The Morgan fingerprint density at radius 3 is 2.77 bits per heavy atom. The molecule has 160 valence electrons. The molecule has 31 heavy (non-hydrogen) atoms. The number of benzene rings is 1. The van der Waals surface area contributed by atoms with Crippen molar-refractivity contribution in [3.63, 3.8) is 0 Å². The van der Waals surface area contributed by atoms with Crippen LogP contribution in [0.25, 0.3) is 22.3 Å². The number of halogens is 2. The SMILES string of the molecule is COc1ccc(C(=O)Nc2cn[nH]c2-c2cc3c(cn2)cnn3CC(C)(C)F)c(F)c1. The maximum absolute atomic E-state index is 14.2. The molecular weight excluding hydrogens is 406 g/mol. The molecule has 1 amide bonds. The number of aromatic nitrogens is 5. The predicted molar refractivity (Wildman–Crippen MR) is 111 cm³/mol. The summed E-state index contributed by atoms with van der Waals surface area (Å²) < 4.78 is 34.9. The lowest BCUT2D eigenvalue weighted by atomic mass is 10.1. The topological polar surface area (TPSA) is 97.7 Å². The maximum Gasteiger partial charge on any atom is 0.258 e. The zero-order chi connectivity index (χ0) is 22.2. The molecule has 0 fully saturated rings. The highest BCUT2D eigenvalue weighted by atomic mass is 19.1. The van der Waals surface area contributed by atoms with Crippen molar-refractivity contribution in [3.8, 4) is 17.1 Å². The Balaban J connectivity index is 1.64. The number of fused-ring (bicyclic) bond motifs is 1. The zero-order valence-corrected chi connectivity index (χ0v) is 17.1. The Morgan fingerprint density at radius 2 is 2.06 bits per heavy atom. The van der Waals surface area contributed by atoms with Crippen LogP contribution in [0.3, 0.4) is 0 Å². The smallest absolute Gasteiger partial charge is 0.258 e. The van der Waals surface area contributed by atoms with Gasteiger partial charge in [-0.25, -0.2) is 8.78 Å². The molecule has 3 aromatic heterocycles. The molecule has 4 rings (SSSR count). The minimum atomic E-state index is -1.45. The normalized spacial score (nSPS) is 11.6. The second-order valence-corrected chi connectivity index (χ2v) is 7.61. The number of pyridine rings is 1. The zero-order valence-electron chi connectivity index (χ0n) is 17.1. The van der Waals surface area contributed by atoms with E-state index in [9.17, 15) is 13.6 Å². The van der Waals surface area contributed by atoms with Gasteiger partial charge in [-0.05, 0) is 32.0 Å². The highest BCUT2D eigenvalue weighted by molar-refractivity contribution is 6.06. The summed E-state index contributed by atoms with van der Waals surface area (Å²) in [4.78, 5) is 17.0. The Labute approximate surface area is 176 Å². The number of methoxy groups -OCH3 is 1. The molecule has 0 aliphatic carbocycles. The van der Waals surface area contributed by atoms with Crippen LogP contribution in [0.4, 0.5) is 14.5 Å². The first-order chi connectivity index (χ1) is 14.7. The predicted octanol–water partition coefficient (Wildman–Crippen LogP) is 3.97. The van der Waals surface area contributed by atoms with Crippen LogP contribution in [0, 0.1) is 5.82 Å². The summed E-state index contributed by atoms with van der Waals surface area (Å²) in [7, 11) is 1.41. The monoisotopic (exact) mass is 426 g/mol. The van der Waals surface area contributed by atoms with Crippen LogP contribution >= 0.6 is 0 Å². The second-order valence-electron chi connectivity index (χ2n) is 7.61. The van der Waals surface area contributed by atoms with Crippen LogP contribution in [0.15, 0.2) is 42.9 Å². The largest absolute Gasteiger partial charge is 0.497 e. The third-order valence-corrected chi connectivity index (χ3v) is 4.62. The number of hydrogen-bond acceptors (Lipinski definition) is 5. The molecule has 0 bridgehead atoms. The van der Waals surface area contributed by atoms with Crippen molar-refractivity contribution in [2.45, 2.75) is 26.1 Å². The Kier molecular flexibility index (Phi) is 5.14. The van der Waals surface area contributed by atoms with Gasteiger partial charge in [0.05, 0.1) is 48.5 Å². The van der Waals surface area contributed by atoms with E-state index in [1.54, 1.807) is 23.1 Å². The Bertz CT molecular complexity index is 1260. The van der Waals surface area contributed by atoms with Crippen LogP contribution < -0.4 is 10.1 Å². The van der Waals surface area contributed by atoms with Gasteiger partial charge < -0.3 is 10.1 Å². The summed E-state index contributed by atoms with van der Waals surface area (Å²) in [6.07, 6.45) is 4.62. The van der Waals surface area contributed by atoms with Crippen molar-refractivity contribution in [2.24, 2.45) is 0 Å². The summed E-state index contributed by atoms with van der Waals surface area (Å²) in [5.74, 6) is -1.05. The molecular formula is C21H20F2N6O2. The van der Waals surface area contributed by atoms with Crippen LogP contribution in [0.1, 0.15) is 24.2 Å². The number of hydrogen-bond donors (Lipinski definition) is 2. The fraction of sp³-hybridized carbons (Fsp3) is 0.238. The van der Waals surface area contributed by atoms with E-state index in [2.05, 4.69) is 25.6 Å². The number of nitrogens with zero attached hydrogens (tertiary/aromatic N) is 4. The van der Waals surface area contributed by atoms with E-state index in [-0.39, 0.29) is 12.1 Å². The van der Waals surface area contributed by atoms with E-state index in [0.717, 1.165) is 11.5 Å². The number of alkyl halides is 1. The van der Waals surface area contributed by atoms with Gasteiger partial charge >= 0.3 is 0 Å². The van der Waals surface area contributed by atoms with Crippen molar-refractivity contribution >= 4 is 22.5 Å². The van der Waals surface area contributed by atoms with E-state index in [1.165, 1.54) is 39.3 Å². The third-order valence-electron chi connectivity index (χ3n) is 4.62. The van der Waals surface area contributed by atoms with Crippen LogP contribution in [0.2, 0.25) is 0 Å². The average Bonchev–Trinajstić information content (AvgIpc) is 3.33. The number of nitrogens with one attached hydrogen (secondary N) is 2. The van der Waals surface area contributed by atoms with Gasteiger partial charge in [-0.1, -0.05) is 0 Å². The maximum atomic E-state index is 14.2.